The second kappa shape index (κ2) is 8.59. The molecule has 0 saturated heterocycles. The Morgan fingerprint density at radius 2 is 2.16 bits per heavy atom. The number of unbranched alkanes of at least 4 members (excludes halogenated alkanes) is 1. The van der Waals surface area contributed by atoms with E-state index in [1.54, 1.807) is 11.8 Å². The van der Waals surface area contributed by atoms with Crippen LogP contribution in [0.5, 0.6) is 0 Å². The minimum Gasteiger partial charge on any atom is -0.330 e. The number of aryl methyl sites for hydroxylation is 2. The maximum absolute atomic E-state index is 6.15. The minimum absolute atomic E-state index is 0.668. The number of aromatic nitrogens is 6. The summed E-state index contributed by atoms with van der Waals surface area (Å²) in [4.78, 5) is 0. The second-order valence-corrected chi connectivity index (χ2v) is 8.03. The van der Waals surface area contributed by atoms with Gasteiger partial charge in [0.25, 0.3) is 0 Å². The normalized spacial score (nSPS) is 11.0. The maximum atomic E-state index is 6.15. The van der Waals surface area contributed by atoms with Crippen molar-refractivity contribution in [2.45, 2.75) is 43.3 Å². The number of halogens is 1. The van der Waals surface area contributed by atoms with Gasteiger partial charge in [-0.15, -0.1) is 15.3 Å². The summed E-state index contributed by atoms with van der Waals surface area (Å²) < 4.78 is 2.72. The number of thioether (sulfide) groups is 1. The molecule has 0 unspecified atom stereocenters. The van der Waals surface area contributed by atoms with Crippen LogP contribution in [0.15, 0.2) is 22.5 Å². The predicted molar refractivity (Wildman–Crippen MR) is 102 cm³/mol. The lowest BCUT2D eigenvalue weighted by atomic mass is 10.2. The molecular formula is C15H18ClN7S2. The topological polar surface area (TPSA) is 81.4 Å². The van der Waals surface area contributed by atoms with Crippen LogP contribution in [-0.4, -0.2) is 30.4 Å². The van der Waals surface area contributed by atoms with Crippen LogP contribution in [0, 0.1) is 6.92 Å². The van der Waals surface area contributed by atoms with Crippen LogP contribution in [0.3, 0.4) is 0 Å². The Kier molecular flexibility index (Phi) is 6.22. The number of rotatable bonds is 8. The third-order valence-corrected chi connectivity index (χ3v) is 5.86. The van der Waals surface area contributed by atoms with Gasteiger partial charge in [0.05, 0.1) is 5.75 Å². The minimum atomic E-state index is 0.668. The Morgan fingerprint density at radius 3 is 2.96 bits per heavy atom. The highest BCUT2D eigenvalue weighted by molar-refractivity contribution is 8.00. The van der Waals surface area contributed by atoms with Crippen molar-refractivity contribution in [2.75, 3.05) is 5.32 Å². The van der Waals surface area contributed by atoms with Crippen molar-refractivity contribution in [3.8, 4) is 0 Å². The van der Waals surface area contributed by atoms with Crippen LogP contribution in [0.1, 0.15) is 31.2 Å². The van der Waals surface area contributed by atoms with Crippen LogP contribution < -0.4 is 5.32 Å². The first-order chi connectivity index (χ1) is 12.2. The van der Waals surface area contributed by atoms with E-state index in [2.05, 4.69) is 38.0 Å². The SMILES string of the molecule is CCCCn1nnnc1CSc1nnc(Nc2ccc(C)c(Cl)c2)s1. The molecule has 132 valence electrons. The molecule has 3 rings (SSSR count). The van der Waals surface area contributed by atoms with Crippen LogP contribution in [0.25, 0.3) is 0 Å². The van der Waals surface area contributed by atoms with Gasteiger partial charge < -0.3 is 5.32 Å². The zero-order chi connectivity index (χ0) is 17.6. The van der Waals surface area contributed by atoms with Gasteiger partial charge in [-0.25, -0.2) is 4.68 Å². The van der Waals surface area contributed by atoms with E-state index in [0.717, 1.165) is 51.0 Å². The molecule has 0 saturated carbocycles. The maximum Gasteiger partial charge on any atom is 0.210 e. The Balaban J connectivity index is 1.58. The molecule has 0 atom stereocenters. The molecule has 0 bridgehead atoms. The van der Waals surface area contributed by atoms with Crippen LogP contribution >= 0.6 is 34.7 Å². The van der Waals surface area contributed by atoms with E-state index >= 15 is 0 Å². The van der Waals surface area contributed by atoms with Gasteiger partial charge in [0.2, 0.25) is 5.13 Å². The lowest BCUT2D eigenvalue weighted by molar-refractivity contribution is 0.540. The van der Waals surface area contributed by atoms with E-state index in [1.165, 1.54) is 11.3 Å². The highest BCUT2D eigenvalue weighted by atomic mass is 35.5. The summed E-state index contributed by atoms with van der Waals surface area (Å²) in [5.41, 5.74) is 1.94. The number of tetrazole rings is 1. The standard InChI is InChI=1S/C15H18ClN7S2/c1-3-4-7-23-13(18-21-22-23)9-24-15-20-19-14(25-15)17-11-6-5-10(2)12(16)8-11/h5-6,8H,3-4,7,9H2,1-2H3,(H,17,19). The molecule has 7 nitrogen and oxygen atoms in total. The van der Waals surface area contributed by atoms with Crippen molar-refractivity contribution in [3.63, 3.8) is 0 Å². The molecule has 0 aliphatic carbocycles. The van der Waals surface area contributed by atoms with Crippen molar-refractivity contribution in [1.29, 1.82) is 0 Å². The summed E-state index contributed by atoms with van der Waals surface area (Å²) >= 11 is 9.22. The Morgan fingerprint density at radius 1 is 1.28 bits per heavy atom. The Bertz CT molecular complexity index is 833. The first-order valence-corrected chi connectivity index (χ1v) is 10.1. The molecule has 1 aromatic carbocycles. The largest absolute Gasteiger partial charge is 0.330 e. The predicted octanol–water partition coefficient (Wildman–Crippen LogP) is 4.32. The number of nitrogens with one attached hydrogen (secondary N) is 1. The fraction of sp³-hybridized carbons (Fsp3) is 0.400. The van der Waals surface area contributed by atoms with Gasteiger partial charge in [-0.2, -0.15) is 0 Å². The fourth-order valence-corrected chi connectivity index (χ4v) is 3.93. The molecule has 2 aromatic heterocycles. The van der Waals surface area contributed by atoms with Crippen molar-refractivity contribution in [2.24, 2.45) is 0 Å². The van der Waals surface area contributed by atoms with Gasteiger partial charge in [-0.05, 0) is 41.5 Å². The van der Waals surface area contributed by atoms with E-state index in [9.17, 15) is 0 Å². The monoisotopic (exact) mass is 395 g/mol. The summed E-state index contributed by atoms with van der Waals surface area (Å²) in [6.45, 7) is 4.96. The van der Waals surface area contributed by atoms with Crippen molar-refractivity contribution in [3.05, 3.63) is 34.6 Å². The molecular weight excluding hydrogens is 378 g/mol. The summed E-state index contributed by atoms with van der Waals surface area (Å²) in [5, 5.41) is 24.9. The van der Waals surface area contributed by atoms with E-state index in [4.69, 9.17) is 11.6 Å². The average molecular weight is 396 g/mol. The number of hydrogen-bond donors (Lipinski definition) is 1. The quantitative estimate of drug-likeness (QED) is 0.568. The Labute approximate surface area is 159 Å². The van der Waals surface area contributed by atoms with E-state index in [0.29, 0.717) is 5.75 Å². The summed E-state index contributed by atoms with van der Waals surface area (Å²) in [7, 11) is 0. The van der Waals surface area contributed by atoms with Gasteiger partial charge >= 0.3 is 0 Å². The lowest BCUT2D eigenvalue weighted by Gasteiger charge is -2.04. The van der Waals surface area contributed by atoms with Gasteiger partial charge in [0.15, 0.2) is 10.2 Å². The van der Waals surface area contributed by atoms with E-state index in [1.807, 2.05) is 29.8 Å². The lowest BCUT2D eigenvalue weighted by Crippen LogP contribution is -2.04. The average Bonchev–Trinajstić information content (AvgIpc) is 3.23. The highest BCUT2D eigenvalue weighted by Gasteiger charge is 2.10. The molecule has 0 fully saturated rings. The molecule has 0 spiro atoms. The number of benzene rings is 1. The zero-order valence-electron chi connectivity index (χ0n) is 13.9. The van der Waals surface area contributed by atoms with Gasteiger partial charge in [-0.3, -0.25) is 0 Å². The molecule has 0 aliphatic heterocycles. The summed E-state index contributed by atoms with van der Waals surface area (Å²) in [5.74, 6) is 1.52. The fourth-order valence-electron chi connectivity index (χ4n) is 2.05. The number of anilines is 2. The molecule has 3 aromatic rings. The van der Waals surface area contributed by atoms with Crippen molar-refractivity contribution >= 4 is 45.5 Å². The Hall–Kier alpha value is -1.71. The van der Waals surface area contributed by atoms with Crippen LogP contribution in [-0.2, 0) is 12.3 Å². The molecule has 1 N–H and O–H groups in total. The first kappa shape index (κ1) is 18.1. The number of nitrogens with zero attached hydrogens (tertiary/aromatic N) is 6. The summed E-state index contributed by atoms with van der Waals surface area (Å²) in [6, 6.07) is 5.82. The molecule has 2 heterocycles. The summed E-state index contributed by atoms with van der Waals surface area (Å²) in [6.07, 6.45) is 2.18. The first-order valence-electron chi connectivity index (χ1n) is 7.90. The second-order valence-electron chi connectivity index (χ2n) is 5.42. The highest BCUT2D eigenvalue weighted by Crippen LogP contribution is 2.30. The van der Waals surface area contributed by atoms with Gasteiger partial charge in [0, 0.05) is 17.3 Å². The van der Waals surface area contributed by atoms with E-state index in [-0.39, 0.29) is 0 Å². The third-order valence-electron chi connectivity index (χ3n) is 3.48. The molecule has 0 aliphatic rings. The molecule has 0 amide bonds. The van der Waals surface area contributed by atoms with Gasteiger partial charge in [-0.1, -0.05) is 54.1 Å². The zero-order valence-corrected chi connectivity index (χ0v) is 16.3. The molecule has 25 heavy (non-hydrogen) atoms. The van der Waals surface area contributed by atoms with Crippen molar-refractivity contribution < 1.29 is 0 Å². The van der Waals surface area contributed by atoms with Gasteiger partial charge in [0.1, 0.15) is 0 Å². The number of hydrogen-bond acceptors (Lipinski definition) is 8. The molecule has 10 heteroatoms. The van der Waals surface area contributed by atoms with Crippen LogP contribution in [0.2, 0.25) is 5.02 Å². The third kappa shape index (κ3) is 4.90. The smallest absolute Gasteiger partial charge is 0.210 e. The molecule has 0 radical (unpaired) electrons. The van der Waals surface area contributed by atoms with Crippen molar-refractivity contribution in [1.82, 2.24) is 30.4 Å². The van der Waals surface area contributed by atoms with E-state index < -0.39 is 0 Å². The van der Waals surface area contributed by atoms with Crippen LogP contribution in [0.4, 0.5) is 10.8 Å².